The fraction of sp³-hybridized carbons (Fsp3) is 0.385. The molecule has 0 aliphatic carbocycles. The molecule has 0 spiro atoms. The topological polar surface area (TPSA) is 25.8 Å². The van der Waals surface area contributed by atoms with E-state index in [9.17, 15) is 0 Å². The van der Waals surface area contributed by atoms with Crippen molar-refractivity contribution < 1.29 is 0 Å². The number of hydrogen-bond donors (Lipinski definition) is 0. The van der Waals surface area contributed by atoms with Crippen LogP contribution in [0.5, 0.6) is 0 Å². The first-order chi connectivity index (χ1) is 7.48. The van der Waals surface area contributed by atoms with E-state index in [-0.39, 0.29) is 5.41 Å². The third-order valence-electron chi connectivity index (χ3n) is 2.39. The Bertz CT molecular complexity index is 480. The summed E-state index contributed by atoms with van der Waals surface area (Å²) >= 11 is 1.77. The Morgan fingerprint density at radius 1 is 1.25 bits per heavy atom. The predicted molar refractivity (Wildman–Crippen MR) is 68.8 cm³/mol. The molecule has 0 fully saturated rings. The second-order valence-corrected chi connectivity index (χ2v) is 5.92. The normalized spacial score (nSPS) is 11.8. The molecule has 2 heterocycles. The summed E-state index contributed by atoms with van der Waals surface area (Å²) in [5, 5.41) is 1.07. The van der Waals surface area contributed by atoms with Crippen molar-refractivity contribution in [2.24, 2.45) is 0 Å². The van der Waals surface area contributed by atoms with Gasteiger partial charge in [-0.1, -0.05) is 20.8 Å². The third-order valence-corrected chi connectivity index (χ3v) is 4.02. The van der Waals surface area contributed by atoms with Gasteiger partial charge in [-0.25, -0.2) is 4.98 Å². The first kappa shape index (κ1) is 11.3. The van der Waals surface area contributed by atoms with E-state index in [1.54, 1.807) is 17.5 Å². The lowest BCUT2D eigenvalue weighted by molar-refractivity contribution is 0.598. The Morgan fingerprint density at radius 2 is 2.00 bits per heavy atom. The summed E-state index contributed by atoms with van der Waals surface area (Å²) in [6.07, 6.45) is 3.65. The van der Waals surface area contributed by atoms with Gasteiger partial charge in [0.15, 0.2) is 0 Å². The number of aryl methyl sites for hydroxylation is 1. The van der Waals surface area contributed by atoms with Crippen LogP contribution in [0, 0.1) is 6.92 Å². The van der Waals surface area contributed by atoms with Crippen molar-refractivity contribution in [1.29, 1.82) is 0 Å². The van der Waals surface area contributed by atoms with E-state index in [4.69, 9.17) is 0 Å². The first-order valence-electron chi connectivity index (χ1n) is 5.37. The molecule has 0 aliphatic rings. The molecule has 0 saturated heterocycles. The Labute approximate surface area is 100 Å². The van der Waals surface area contributed by atoms with Gasteiger partial charge in [0.2, 0.25) is 0 Å². The van der Waals surface area contributed by atoms with Crippen molar-refractivity contribution in [2.75, 3.05) is 0 Å². The molecule has 2 rings (SSSR count). The van der Waals surface area contributed by atoms with E-state index in [0.717, 1.165) is 16.3 Å². The van der Waals surface area contributed by atoms with Gasteiger partial charge in [-0.15, -0.1) is 11.3 Å². The summed E-state index contributed by atoms with van der Waals surface area (Å²) in [5.74, 6) is 0. The average Bonchev–Trinajstić information content (AvgIpc) is 2.61. The summed E-state index contributed by atoms with van der Waals surface area (Å²) in [7, 11) is 0. The van der Waals surface area contributed by atoms with Crippen LogP contribution in [-0.2, 0) is 5.41 Å². The Morgan fingerprint density at radius 3 is 2.50 bits per heavy atom. The monoisotopic (exact) mass is 232 g/mol. The molecule has 0 unspecified atom stereocenters. The molecule has 2 nitrogen and oxygen atoms in total. The Hall–Kier alpha value is -1.22. The number of thiazole rings is 1. The smallest absolute Gasteiger partial charge is 0.125 e. The second-order valence-electron chi connectivity index (χ2n) is 4.93. The zero-order chi connectivity index (χ0) is 11.8. The van der Waals surface area contributed by atoms with Crippen molar-refractivity contribution in [3.05, 3.63) is 35.1 Å². The number of pyridine rings is 1. The van der Waals surface area contributed by atoms with Crippen LogP contribution in [0.1, 0.15) is 31.3 Å². The van der Waals surface area contributed by atoms with E-state index in [0.29, 0.717) is 0 Å². The number of hydrogen-bond acceptors (Lipinski definition) is 3. The molecule has 0 amide bonds. The molecule has 84 valence electrons. The minimum absolute atomic E-state index is 0.169. The zero-order valence-corrected chi connectivity index (χ0v) is 10.9. The maximum Gasteiger partial charge on any atom is 0.125 e. The van der Waals surface area contributed by atoms with Crippen LogP contribution in [-0.4, -0.2) is 9.97 Å². The van der Waals surface area contributed by atoms with E-state index in [2.05, 4.69) is 43.7 Å². The third kappa shape index (κ3) is 2.14. The second kappa shape index (κ2) is 3.98. The minimum Gasteiger partial charge on any atom is -0.264 e. The van der Waals surface area contributed by atoms with Crippen molar-refractivity contribution >= 4 is 11.3 Å². The van der Waals surface area contributed by atoms with E-state index < -0.39 is 0 Å². The van der Waals surface area contributed by atoms with E-state index in [1.165, 1.54) is 4.88 Å². The van der Waals surface area contributed by atoms with Gasteiger partial charge < -0.3 is 0 Å². The summed E-state index contributed by atoms with van der Waals surface area (Å²) < 4.78 is 0. The molecule has 0 N–H and O–H groups in total. The highest BCUT2D eigenvalue weighted by molar-refractivity contribution is 7.15. The molecular formula is C13H16N2S. The first-order valence-corrected chi connectivity index (χ1v) is 6.18. The fourth-order valence-corrected chi connectivity index (χ4v) is 2.82. The molecule has 0 aromatic carbocycles. The lowest BCUT2D eigenvalue weighted by Crippen LogP contribution is -2.10. The standard InChI is InChI=1S/C13H16N2S/c1-9-11(13(2,3)4)16-12(15-9)10-6-5-7-14-8-10/h5-8H,1-4H3. The van der Waals surface area contributed by atoms with E-state index >= 15 is 0 Å². The van der Waals surface area contributed by atoms with Crippen LogP contribution in [0.2, 0.25) is 0 Å². The van der Waals surface area contributed by atoms with Gasteiger partial charge in [0, 0.05) is 22.8 Å². The zero-order valence-electron chi connectivity index (χ0n) is 10.1. The lowest BCUT2D eigenvalue weighted by Gasteiger charge is -2.16. The Balaban J connectivity index is 2.47. The van der Waals surface area contributed by atoms with Crippen molar-refractivity contribution in [1.82, 2.24) is 9.97 Å². The maximum atomic E-state index is 4.63. The minimum atomic E-state index is 0.169. The SMILES string of the molecule is Cc1nc(-c2cccnc2)sc1C(C)(C)C. The van der Waals surface area contributed by atoms with Crippen LogP contribution in [0.3, 0.4) is 0 Å². The lowest BCUT2D eigenvalue weighted by atomic mass is 9.93. The van der Waals surface area contributed by atoms with Crippen LogP contribution >= 0.6 is 11.3 Å². The highest BCUT2D eigenvalue weighted by atomic mass is 32.1. The highest BCUT2D eigenvalue weighted by Crippen LogP contribution is 2.35. The summed E-state index contributed by atoms with van der Waals surface area (Å²) in [6.45, 7) is 8.75. The molecule has 0 saturated carbocycles. The van der Waals surface area contributed by atoms with Crippen molar-refractivity contribution in [3.8, 4) is 10.6 Å². The number of nitrogens with zero attached hydrogens (tertiary/aromatic N) is 2. The molecule has 2 aromatic heterocycles. The van der Waals surface area contributed by atoms with Crippen LogP contribution < -0.4 is 0 Å². The molecule has 0 atom stereocenters. The van der Waals surface area contributed by atoms with Crippen molar-refractivity contribution in [2.45, 2.75) is 33.1 Å². The molecule has 3 heteroatoms. The van der Waals surface area contributed by atoms with Gasteiger partial charge in [-0.3, -0.25) is 4.98 Å². The van der Waals surface area contributed by atoms with E-state index in [1.807, 2.05) is 12.3 Å². The van der Waals surface area contributed by atoms with Gasteiger partial charge in [0.1, 0.15) is 5.01 Å². The van der Waals surface area contributed by atoms with Crippen molar-refractivity contribution in [3.63, 3.8) is 0 Å². The van der Waals surface area contributed by atoms with Gasteiger partial charge in [0.05, 0.1) is 5.69 Å². The predicted octanol–water partition coefficient (Wildman–Crippen LogP) is 3.81. The maximum absolute atomic E-state index is 4.63. The quantitative estimate of drug-likeness (QED) is 0.747. The van der Waals surface area contributed by atoms with Gasteiger partial charge in [-0.05, 0) is 24.5 Å². The van der Waals surface area contributed by atoms with Crippen LogP contribution in [0.15, 0.2) is 24.5 Å². The molecular weight excluding hydrogens is 216 g/mol. The van der Waals surface area contributed by atoms with Gasteiger partial charge in [-0.2, -0.15) is 0 Å². The fourth-order valence-electron chi connectivity index (χ4n) is 1.70. The molecule has 2 aromatic rings. The summed E-state index contributed by atoms with van der Waals surface area (Å²) in [4.78, 5) is 10.1. The van der Waals surface area contributed by atoms with Crippen LogP contribution in [0.4, 0.5) is 0 Å². The van der Waals surface area contributed by atoms with Crippen LogP contribution in [0.25, 0.3) is 10.6 Å². The van der Waals surface area contributed by atoms with Gasteiger partial charge >= 0.3 is 0 Å². The largest absolute Gasteiger partial charge is 0.264 e. The molecule has 0 radical (unpaired) electrons. The molecule has 0 aliphatic heterocycles. The molecule has 16 heavy (non-hydrogen) atoms. The Kier molecular flexibility index (Phi) is 2.80. The summed E-state index contributed by atoms with van der Waals surface area (Å²) in [6, 6.07) is 4.00. The number of aromatic nitrogens is 2. The average molecular weight is 232 g/mol. The molecule has 0 bridgehead atoms. The highest BCUT2D eigenvalue weighted by Gasteiger charge is 2.21. The van der Waals surface area contributed by atoms with Gasteiger partial charge in [0.25, 0.3) is 0 Å². The number of rotatable bonds is 1. The summed E-state index contributed by atoms with van der Waals surface area (Å²) in [5.41, 5.74) is 2.41.